The number of benzene rings is 1. The van der Waals surface area contributed by atoms with E-state index in [1.807, 2.05) is 45.0 Å². The van der Waals surface area contributed by atoms with Gasteiger partial charge < -0.3 is 4.52 Å². The van der Waals surface area contributed by atoms with Crippen LogP contribution in [0.3, 0.4) is 0 Å². The summed E-state index contributed by atoms with van der Waals surface area (Å²) in [5.74, 6) is 1.54. The van der Waals surface area contributed by atoms with Crippen molar-refractivity contribution in [3.8, 4) is 11.3 Å². The zero-order valence-corrected chi connectivity index (χ0v) is 15.6. The molecule has 130 valence electrons. The zero-order chi connectivity index (χ0) is 18.1. The topological polar surface area (TPSA) is 43.1 Å². The average Bonchev–Trinajstić information content (AvgIpc) is 2.98. The number of nitrogens with zero attached hydrogens (tertiary/aromatic N) is 1. The van der Waals surface area contributed by atoms with Crippen LogP contribution in [-0.4, -0.2) is 10.9 Å². The van der Waals surface area contributed by atoms with E-state index in [1.165, 1.54) is 0 Å². The SMILES string of the molecule is C=C(C)C1CC(=O)C(C)=C(c2c(C)noc2-c2ccc(CCl)cc2)C1. The Morgan fingerprint density at radius 1 is 1.28 bits per heavy atom. The first kappa shape index (κ1) is 17.7. The van der Waals surface area contributed by atoms with E-state index in [0.717, 1.165) is 45.5 Å². The van der Waals surface area contributed by atoms with E-state index in [0.29, 0.717) is 18.1 Å². The van der Waals surface area contributed by atoms with Gasteiger partial charge in [0, 0.05) is 23.4 Å². The number of hydrogen-bond acceptors (Lipinski definition) is 3. The van der Waals surface area contributed by atoms with E-state index in [9.17, 15) is 4.79 Å². The van der Waals surface area contributed by atoms with Gasteiger partial charge in [-0.2, -0.15) is 0 Å². The van der Waals surface area contributed by atoms with Crippen LogP contribution < -0.4 is 0 Å². The minimum Gasteiger partial charge on any atom is -0.355 e. The predicted molar refractivity (Wildman–Crippen MR) is 101 cm³/mol. The molecule has 0 aliphatic heterocycles. The maximum absolute atomic E-state index is 12.5. The fourth-order valence-corrected chi connectivity index (χ4v) is 3.50. The Hall–Kier alpha value is -2.13. The summed E-state index contributed by atoms with van der Waals surface area (Å²) in [7, 11) is 0. The third kappa shape index (κ3) is 3.34. The van der Waals surface area contributed by atoms with Crippen molar-refractivity contribution in [1.82, 2.24) is 5.16 Å². The summed E-state index contributed by atoms with van der Waals surface area (Å²) in [4.78, 5) is 12.5. The Bertz CT molecular complexity index is 859. The van der Waals surface area contributed by atoms with Crippen molar-refractivity contribution in [2.75, 3.05) is 0 Å². The molecule has 1 aromatic heterocycles. The van der Waals surface area contributed by atoms with Gasteiger partial charge in [0.05, 0.1) is 5.69 Å². The monoisotopic (exact) mass is 355 g/mol. The van der Waals surface area contributed by atoms with Crippen LogP contribution in [0.1, 0.15) is 43.5 Å². The van der Waals surface area contributed by atoms with E-state index in [-0.39, 0.29) is 11.7 Å². The molecule has 1 unspecified atom stereocenters. The standard InChI is InChI=1S/C21H22ClNO2/c1-12(2)17-9-18(13(3)19(24)10-17)20-14(4)23-25-21(20)16-7-5-15(11-22)6-8-16/h5-8,17H,1,9-11H2,2-4H3. The van der Waals surface area contributed by atoms with Crippen LogP contribution in [0.4, 0.5) is 0 Å². The summed E-state index contributed by atoms with van der Waals surface area (Å²) >= 11 is 5.87. The molecule has 0 amide bonds. The van der Waals surface area contributed by atoms with Gasteiger partial charge >= 0.3 is 0 Å². The molecule has 0 fully saturated rings. The number of carbonyl (C=O) groups is 1. The molecule has 2 aromatic rings. The minimum absolute atomic E-state index is 0.173. The number of alkyl halides is 1. The second kappa shape index (κ2) is 7.01. The molecular weight excluding hydrogens is 334 g/mol. The predicted octanol–water partition coefficient (Wildman–Crippen LogP) is 5.72. The second-order valence-corrected chi connectivity index (χ2v) is 7.05. The maximum atomic E-state index is 12.5. The summed E-state index contributed by atoms with van der Waals surface area (Å²) in [6, 6.07) is 7.93. The Kier molecular flexibility index (Phi) is 4.96. The Morgan fingerprint density at radius 3 is 2.56 bits per heavy atom. The van der Waals surface area contributed by atoms with E-state index < -0.39 is 0 Å². The normalized spacial score (nSPS) is 17.9. The van der Waals surface area contributed by atoms with Crippen LogP contribution in [0, 0.1) is 12.8 Å². The number of ketones is 1. The second-order valence-electron chi connectivity index (χ2n) is 6.78. The molecule has 25 heavy (non-hydrogen) atoms. The van der Waals surface area contributed by atoms with Crippen LogP contribution >= 0.6 is 11.6 Å². The van der Waals surface area contributed by atoms with Gasteiger partial charge in [0.1, 0.15) is 0 Å². The van der Waals surface area contributed by atoms with Gasteiger partial charge in [0.2, 0.25) is 0 Å². The van der Waals surface area contributed by atoms with Gasteiger partial charge in [-0.1, -0.05) is 41.6 Å². The lowest BCUT2D eigenvalue weighted by molar-refractivity contribution is -0.116. The number of rotatable bonds is 4. The van der Waals surface area contributed by atoms with Crippen molar-refractivity contribution in [2.45, 2.75) is 39.5 Å². The lowest BCUT2D eigenvalue weighted by atomic mass is 9.77. The molecule has 3 nitrogen and oxygen atoms in total. The third-order valence-electron chi connectivity index (χ3n) is 4.99. The molecule has 0 spiro atoms. The first-order chi connectivity index (χ1) is 11.9. The molecule has 1 aliphatic rings. The van der Waals surface area contributed by atoms with Crippen LogP contribution in [0.15, 0.2) is 46.5 Å². The number of aromatic nitrogens is 1. The minimum atomic E-state index is 0.173. The van der Waals surface area contributed by atoms with Crippen LogP contribution in [0.2, 0.25) is 0 Å². The fraction of sp³-hybridized carbons (Fsp3) is 0.333. The number of carbonyl (C=O) groups excluding carboxylic acids is 1. The van der Waals surface area contributed by atoms with E-state index in [4.69, 9.17) is 16.1 Å². The van der Waals surface area contributed by atoms with Gasteiger partial charge in [0.15, 0.2) is 11.5 Å². The highest BCUT2D eigenvalue weighted by Gasteiger charge is 2.30. The van der Waals surface area contributed by atoms with E-state index in [2.05, 4.69) is 11.7 Å². The summed E-state index contributed by atoms with van der Waals surface area (Å²) < 4.78 is 5.64. The number of allylic oxidation sites excluding steroid dienone is 3. The van der Waals surface area contributed by atoms with Crippen LogP contribution in [-0.2, 0) is 10.7 Å². The Morgan fingerprint density at radius 2 is 1.96 bits per heavy atom. The molecule has 0 radical (unpaired) electrons. The quantitative estimate of drug-likeness (QED) is 0.520. The van der Waals surface area contributed by atoms with Crippen LogP contribution in [0.5, 0.6) is 0 Å². The van der Waals surface area contributed by atoms with Crippen molar-refractivity contribution in [3.05, 3.63) is 58.8 Å². The molecule has 1 aliphatic carbocycles. The smallest absolute Gasteiger partial charge is 0.174 e. The molecule has 0 bridgehead atoms. The summed E-state index contributed by atoms with van der Waals surface area (Å²) in [6.07, 6.45) is 1.33. The first-order valence-electron chi connectivity index (χ1n) is 8.42. The summed E-state index contributed by atoms with van der Waals surface area (Å²) in [5, 5.41) is 4.17. The Labute approximate surface area is 153 Å². The third-order valence-corrected chi connectivity index (χ3v) is 5.29. The first-order valence-corrected chi connectivity index (χ1v) is 8.96. The summed E-state index contributed by atoms with van der Waals surface area (Å²) in [5.41, 5.74) is 6.61. The highest BCUT2D eigenvalue weighted by molar-refractivity contribution is 6.17. The van der Waals surface area contributed by atoms with Gasteiger partial charge in [-0.25, -0.2) is 0 Å². The molecule has 1 heterocycles. The molecule has 0 saturated carbocycles. The molecular formula is C21H22ClNO2. The van der Waals surface area contributed by atoms with Crippen molar-refractivity contribution in [3.63, 3.8) is 0 Å². The Balaban J connectivity index is 2.10. The largest absolute Gasteiger partial charge is 0.355 e. The summed E-state index contributed by atoms with van der Waals surface area (Å²) in [6.45, 7) is 9.86. The van der Waals surface area contributed by atoms with Crippen molar-refractivity contribution >= 4 is 23.0 Å². The molecule has 4 heteroatoms. The number of hydrogen-bond donors (Lipinski definition) is 0. The molecule has 0 N–H and O–H groups in total. The molecule has 3 rings (SSSR count). The van der Waals surface area contributed by atoms with E-state index in [1.54, 1.807) is 0 Å². The zero-order valence-electron chi connectivity index (χ0n) is 14.9. The molecule has 0 saturated heterocycles. The van der Waals surface area contributed by atoms with Gasteiger partial charge in [0.25, 0.3) is 0 Å². The average molecular weight is 356 g/mol. The van der Waals surface area contributed by atoms with Crippen molar-refractivity contribution in [1.29, 1.82) is 0 Å². The number of aryl methyl sites for hydroxylation is 1. The fourth-order valence-electron chi connectivity index (χ4n) is 3.32. The molecule has 1 atom stereocenters. The highest BCUT2D eigenvalue weighted by Crippen LogP contribution is 2.41. The molecule has 1 aromatic carbocycles. The van der Waals surface area contributed by atoms with E-state index >= 15 is 0 Å². The van der Waals surface area contributed by atoms with Gasteiger partial charge in [-0.05, 0) is 49.8 Å². The van der Waals surface area contributed by atoms with Gasteiger partial charge in [-0.15, -0.1) is 11.6 Å². The number of halogens is 1. The van der Waals surface area contributed by atoms with Crippen molar-refractivity contribution in [2.24, 2.45) is 5.92 Å². The van der Waals surface area contributed by atoms with Crippen molar-refractivity contribution < 1.29 is 9.32 Å². The van der Waals surface area contributed by atoms with Gasteiger partial charge in [-0.3, -0.25) is 4.79 Å². The lowest BCUT2D eigenvalue weighted by Crippen LogP contribution is -2.18. The number of Topliss-reactive ketones (excluding diaryl/α,β-unsaturated/α-hetero) is 1. The maximum Gasteiger partial charge on any atom is 0.174 e. The highest BCUT2D eigenvalue weighted by atomic mass is 35.5. The van der Waals surface area contributed by atoms with Crippen LogP contribution in [0.25, 0.3) is 16.9 Å². The lowest BCUT2D eigenvalue weighted by Gasteiger charge is -2.25.